The van der Waals surface area contributed by atoms with Crippen molar-refractivity contribution in [2.45, 2.75) is 6.42 Å². The number of primary amides is 1. The van der Waals surface area contributed by atoms with E-state index in [1.165, 1.54) is 5.75 Å². The molecule has 1 aliphatic heterocycles. The molecule has 1 rings (SSSR count). The summed E-state index contributed by atoms with van der Waals surface area (Å²) in [6, 6.07) is 0. The predicted molar refractivity (Wildman–Crippen MR) is 47.5 cm³/mol. The van der Waals surface area contributed by atoms with Crippen molar-refractivity contribution in [1.82, 2.24) is 5.32 Å². The van der Waals surface area contributed by atoms with Crippen LogP contribution in [0.1, 0.15) is 6.42 Å². The fourth-order valence-corrected chi connectivity index (χ4v) is 1.97. The average molecular weight is 174 g/mol. The van der Waals surface area contributed by atoms with Gasteiger partial charge in [-0.2, -0.15) is 11.8 Å². The molecule has 0 unspecified atom stereocenters. The zero-order chi connectivity index (χ0) is 8.10. The van der Waals surface area contributed by atoms with Crippen molar-refractivity contribution in [2.75, 3.05) is 24.6 Å². The van der Waals surface area contributed by atoms with Crippen LogP contribution < -0.4 is 11.1 Å². The molecule has 11 heavy (non-hydrogen) atoms. The molecule has 0 spiro atoms. The minimum absolute atomic E-state index is 0.191. The number of thioether (sulfide) groups is 1. The van der Waals surface area contributed by atoms with Crippen LogP contribution in [0.5, 0.6) is 0 Å². The van der Waals surface area contributed by atoms with Gasteiger partial charge in [0, 0.05) is 12.2 Å². The Bertz CT molecular complexity index is 136. The summed E-state index contributed by atoms with van der Waals surface area (Å²) in [5.74, 6) is 2.68. The lowest BCUT2D eigenvalue weighted by Crippen LogP contribution is -2.43. The van der Waals surface area contributed by atoms with E-state index in [1.807, 2.05) is 11.8 Å². The standard InChI is InChI=1S/C7H14N2OS/c8-7(10)1-2-11-5-6-3-9-4-6/h6,9H,1-5H2,(H2,8,10). The molecule has 0 aliphatic carbocycles. The first-order valence-corrected chi connectivity index (χ1v) is 5.01. The molecule has 0 radical (unpaired) electrons. The van der Waals surface area contributed by atoms with E-state index < -0.39 is 0 Å². The Hall–Kier alpha value is -0.220. The van der Waals surface area contributed by atoms with Crippen LogP contribution in [0.2, 0.25) is 0 Å². The van der Waals surface area contributed by atoms with Crippen molar-refractivity contribution in [3.05, 3.63) is 0 Å². The van der Waals surface area contributed by atoms with Crippen LogP contribution in [0.15, 0.2) is 0 Å². The van der Waals surface area contributed by atoms with Crippen molar-refractivity contribution in [1.29, 1.82) is 0 Å². The molecule has 4 heteroatoms. The van der Waals surface area contributed by atoms with Crippen LogP contribution in [0.25, 0.3) is 0 Å². The first kappa shape index (κ1) is 8.87. The largest absolute Gasteiger partial charge is 0.370 e. The summed E-state index contributed by atoms with van der Waals surface area (Å²) in [5, 5.41) is 3.21. The second-order valence-corrected chi connectivity index (χ2v) is 3.97. The van der Waals surface area contributed by atoms with Crippen LogP contribution in [0.4, 0.5) is 0 Å². The Morgan fingerprint density at radius 1 is 1.64 bits per heavy atom. The molecule has 0 aromatic heterocycles. The molecule has 1 heterocycles. The second kappa shape index (κ2) is 4.62. The van der Waals surface area contributed by atoms with Gasteiger partial charge in [-0.15, -0.1) is 0 Å². The maximum Gasteiger partial charge on any atom is 0.218 e. The number of amides is 1. The van der Waals surface area contributed by atoms with Crippen molar-refractivity contribution < 1.29 is 4.79 Å². The van der Waals surface area contributed by atoms with Gasteiger partial charge in [-0.3, -0.25) is 4.79 Å². The second-order valence-electron chi connectivity index (χ2n) is 2.82. The van der Waals surface area contributed by atoms with Gasteiger partial charge in [-0.1, -0.05) is 0 Å². The summed E-state index contributed by atoms with van der Waals surface area (Å²) >= 11 is 1.82. The van der Waals surface area contributed by atoms with Gasteiger partial charge in [0.05, 0.1) is 0 Å². The van der Waals surface area contributed by atoms with Crippen LogP contribution in [0, 0.1) is 5.92 Å². The monoisotopic (exact) mass is 174 g/mol. The number of rotatable bonds is 5. The average Bonchev–Trinajstić information content (AvgIpc) is 1.82. The molecular weight excluding hydrogens is 160 g/mol. The Morgan fingerprint density at radius 2 is 2.36 bits per heavy atom. The Balaban J connectivity index is 1.83. The van der Waals surface area contributed by atoms with E-state index in [9.17, 15) is 4.79 Å². The van der Waals surface area contributed by atoms with E-state index in [2.05, 4.69) is 5.32 Å². The highest BCUT2D eigenvalue weighted by atomic mass is 32.2. The smallest absolute Gasteiger partial charge is 0.218 e. The molecular formula is C7H14N2OS. The van der Waals surface area contributed by atoms with Gasteiger partial charge < -0.3 is 11.1 Å². The van der Waals surface area contributed by atoms with Gasteiger partial charge in [0.2, 0.25) is 5.91 Å². The van der Waals surface area contributed by atoms with E-state index in [1.54, 1.807) is 0 Å². The summed E-state index contributed by atoms with van der Waals surface area (Å²) in [5.41, 5.74) is 4.99. The molecule has 1 amide bonds. The van der Waals surface area contributed by atoms with Gasteiger partial charge >= 0.3 is 0 Å². The summed E-state index contributed by atoms with van der Waals surface area (Å²) < 4.78 is 0. The number of nitrogens with one attached hydrogen (secondary N) is 1. The third kappa shape index (κ3) is 3.62. The third-order valence-corrected chi connectivity index (χ3v) is 2.91. The third-order valence-electron chi connectivity index (χ3n) is 1.71. The van der Waals surface area contributed by atoms with Gasteiger partial charge in [0.25, 0.3) is 0 Å². The molecule has 1 aliphatic rings. The van der Waals surface area contributed by atoms with Crippen molar-refractivity contribution in [2.24, 2.45) is 11.7 Å². The highest BCUT2D eigenvalue weighted by Gasteiger charge is 2.15. The molecule has 0 atom stereocenters. The van der Waals surface area contributed by atoms with Crippen molar-refractivity contribution >= 4 is 17.7 Å². The Morgan fingerprint density at radius 3 is 2.82 bits per heavy atom. The topological polar surface area (TPSA) is 55.1 Å². The van der Waals surface area contributed by atoms with E-state index in [-0.39, 0.29) is 5.91 Å². The van der Waals surface area contributed by atoms with Crippen molar-refractivity contribution in [3.63, 3.8) is 0 Å². The quantitative estimate of drug-likeness (QED) is 0.568. The summed E-state index contributed by atoms with van der Waals surface area (Å²) in [6.07, 6.45) is 0.519. The number of carbonyl (C=O) groups is 1. The van der Waals surface area contributed by atoms with Gasteiger partial charge in [-0.05, 0) is 24.8 Å². The van der Waals surface area contributed by atoms with Crippen LogP contribution in [-0.2, 0) is 4.79 Å². The lowest BCUT2D eigenvalue weighted by atomic mass is 10.1. The number of nitrogens with two attached hydrogens (primary N) is 1. The summed E-state index contributed by atoms with van der Waals surface area (Å²) in [6.45, 7) is 2.28. The molecule has 0 aromatic rings. The van der Waals surface area contributed by atoms with Crippen LogP contribution in [-0.4, -0.2) is 30.5 Å². The molecule has 0 saturated carbocycles. The van der Waals surface area contributed by atoms with Crippen LogP contribution in [0.3, 0.4) is 0 Å². The summed E-state index contributed by atoms with van der Waals surface area (Å²) in [4.78, 5) is 10.3. The predicted octanol–water partition coefficient (Wildman–Crippen LogP) is -0.186. The van der Waals surface area contributed by atoms with E-state index in [0.717, 1.165) is 24.8 Å². The van der Waals surface area contributed by atoms with Crippen LogP contribution >= 0.6 is 11.8 Å². The van der Waals surface area contributed by atoms with Crippen molar-refractivity contribution in [3.8, 4) is 0 Å². The zero-order valence-corrected chi connectivity index (χ0v) is 7.32. The van der Waals surface area contributed by atoms with E-state index in [0.29, 0.717) is 6.42 Å². The molecule has 64 valence electrons. The first-order valence-electron chi connectivity index (χ1n) is 3.86. The number of carbonyl (C=O) groups excluding carboxylic acids is 1. The van der Waals surface area contributed by atoms with Gasteiger partial charge in [0.1, 0.15) is 0 Å². The molecule has 1 fully saturated rings. The number of hydrogen-bond donors (Lipinski definition) is 2. The minimum Gasteiger partial charge on any atom is -0.370 e. The Kier molecular flexibility index (Phi) is 3.72. The minimum atomic E-state index is -0.191. The van der Waals surface area contributed by atoms with E-state index >= 15 is 0 Å². The molecule has 0 bridgehead atoms. The fourth-order valence-electron chi connectivity index (χ4n) is 0.889. The van der Waals surface area contributed by atoms with Gasteiger partial charge in [-0.25, -0.2) is 0 Å². The highest BCUT2D eigenvalue weighted by Crippen LogP contribution is 2.12. The Labute approximate surface area is 71.1 Å². The maximum atomic E-state index is 10.3. The normalized spacial score (nSPS) is 17.8. The SMILES string of the molecule is NC(=O)CCSCC1CNC1. The highest BCUT2D eigenvalue weighted by molar-refractivity contribution is 7.99. The maximum absolute atomic E-state index is 10.3. The fraction of sp³-hybridized carbons (Fsp3) is 0.857. The zero-order valence-electron chi connectivity index (χ0n) is 6.51. The molecule has 3 nitrogen and oxygen atoms in total. The molecule has 0 aromatic carbocycles. The first-order chi connectivity index (χ1) is 5.29. The number of hydrogen-bond acceptors (Lipinski definition) is 3. The van der Waals surface area contributed by atoms with Gasteiger partial charge in [0.15, 0.2) is 0 Å². The van der Waals surface area contributed by atoms with E-state index in [4.69, 9.17) is 5.73 Å². The summed E-state index contributed by atoms with van der Waals surface area (Å²) in [7, 11) is 0. The lowest BCUT2D eigenvalue weighted by Gasteiger charge is -2.26. The lowest BCUT2D eigenvalue weighted by molar-refractivity contribution is -0.117. The molecule has 1 saturated heterocycles. The molecule has 3 N–H and O–H groups in total.